The van der Waals surface area contributed by atoms with Crippen LogP contribution in [0, 0.1) is 0 Å². The predicted octanol–water partition coefficient (Wildman–Crippen LogP) is 3.61. The fourth-order valence-corrected chi connectivity index (χ4v) is 4.96. The van der Waals surface area contributed by atoms with Gasteiger partial charge in [-0.25, -0.2) is 13.4 Å². The fraction of sp³-hybridized carbons (Fsp3) is 0.389. The van der Waals surface area contributed by atoms with E-state index in [2.05, 4.69) is 16.4 Å². The van der Waals surface area contributed by atoms with Crippen molar-refractivity contribution in [1.82, 2.24) is 4.98 Å². The van der Waals surface area contributed by atoms with Crippen molar-refractivity contribution in [1.29, 1.82) is 0 Å². The lowest BCUT2D eigenvalue weighted by Gasteiger charge is -2.23. The lowest BCUT2D eigenvalue weighted by molar-refractivity contribution is 0.490. The molecular weight excluding hydrogens is 344 g/mol. The first-order valence-electron chi connectivity index (χ1n) is 8.06. The lowest BCUT2D eigenvalue weighted by atomic mass is 9.81. The molecule has 1 aromatic carbocycles. The third-order valence-electron chi connectivity index (χ3n) is 5.20. The number of pyridine rings is 1. The standard InChI is InChI=1S/C18H19ClN2O2S/c1-24(22,23)15-4-2-3-12(7-15)13-8-16-17(20-10-13)21-11-18(16)6-5-14(19)9-18/h2-4,7-8,10,14H,5-6,9,11H2,1H3,(H,20,21). The number of alkyl halides is 1. The second-order valence-corrected chi connectivity index (χ2v) is 9.53. The minimum Gasteiger partial charge on any atom is -0.369 e. The number of hydrogen-bond acceptors (Lipinski definition) is 4. The number of benzene rings is 1. The van der Waals surface area contributed by atoms with Gasteiger partial charge in [-0.15, -0.1) is 11.6 Å². The van der Waals surface area contributed by atoms with E-state index in [9.17, 15) is 8.42 Å². The van der Waals surface area contributed by atoms with E-state index in [0.717, 1.165) is 42.8 Å². The van der Waals surface area contributed by atoms with E-state index >= 15 is 0 Å². The van der Waals surface area contributed by atoms with E-state index in [1.165, 1.54) is 11.8 Å². The monoisotopic (exact) mass is 362 g/mol. The van der Waals surface area contributed by atoms with Crippen LogP contribution in [0.1, 0.15) is 24.8 Å². The van der Waals surface area contributed by atoms with Crippen LogP contribution in [0.25, 0.3) is 11.1 Å². The Morgan fingerprint density at radius 2 is 2.12 bits per heavy atom. The zero-order chi connectivity index (χ0) is 16.9. The molecule has 1 aromatic heterocycles. The number of aromatic nitrogens is 1. The van der Waals surface area contributed by atoms with Crippen molar-refractivity contribution in [3.8, 4) is 11.1 Å². The quantitative estimate of drug-likeness (QED) is 0.829. The van der Waals surface area contributed by atoms with Crippen molar-refractivity contribution < 1.29 is 8.42 Å². The number of sulfone groups is 1. The van der Waals surface area contributed by atoms with Gasteiger partial charge in [-0.1, -0.05) is 12.1 Å². The molecule has 0 saturated heterocycles. The first-order chi connectivity index (χ1) is 11.4. The highest BCUT2D eigenvalue weighted by molar-refractivity contribution is 7.90. The number of hydrogen-bond donors (Lipinski definition) is 1. The Bertz CT molecular complexity index is 909. The molecule has 2 unspecified atom stereocenters. The minimum atomic E-state index is -3.22. The van der Waals surface area contributed by atoms with Gasteiger partial charge in [0.05, 0.1) is 4.90 Å². The molecular formula is C18H19ClN2O2S. The first-order valence-corrected chi connectivity index (χ1v) is 10.4. The summed E-state index contributed by atoms with van der Waals surface area (Å²) in [7, 11) is -3.22. The van der Waals surface area contributed by atoms with Crippen molar-refractivity contribution in [2.45, 2.75) is 35.0 Å². The van der Waals surface area contributed by atoms with E-state index in [0.29, 0.717) is 4.90 Å². The molecule has 1 aliphatic carbocycles. The second kappa shape index (κ2) is 5.46. The summed E-state index contributed by atoms with van der Waals surface area (Å²) >= 11 is 6.36. The molecule has 2 heterocycles. The van der Waals surface area contributed by atoms with Crippen LogP contribution in [0.15, 0.2) is 41.4 Å². The Labute approximate surface area is 147 Å². The Kier molecular flexibility index (Phi) is 3.62. The van der Waals surface area contributed by atoms with Gasteiger partial charge in [-0.3, -0.25) is 0 Å². The topological polar surface area (TPSA) is 59.1 Å². The summed E-state index contributed by atoms with van der Waals surface area (Å²) in [6.45, 7) is 0.880. The fourth-order valence-electron chi connectivity index (χ4n) is 3.89. The molecule has 24 heavy (non-hydrogen) atoms. The average molecular weight is 363 g/mol. The van der Waals surface area contributed by atoms with Gasteiger partial charge in [0.2, 0.25) is 0 Å². The third-order valence-corrected chi connectivity index (χ3v) is 6.68. The Balaban J connectivity index is 1.78. The summed E-state index contributed by atoms with van der Waals surface area (Å²) in [6.07, 6.45) is 6.08. The van der Waals surface area contributed by atoms with E-state index in [-0.39, 0.29) is 10.8 Å². The van der Waals surface area contributed by atoms with E-state index in [1.54, 1.807) is 24.4 Å². The largest absolute Gasteiger partial charge is 0.369 e. The smallest absolute Gasteiger partial charge is 0.175 e. The van der Waals surface area contributed by atoms with E-state index in [4.69, 9.17) is 11.6 Å². The number of anilines is 1. The van der Waals surface area contributed by atoms with Gasteiger partial charge in [-0.2, -0.15) is 0 Å². The third kappa shape index (κ3) is 2.60. The van der Waals surface area contributed by atoms with Crippen molar-refractivity contribution in [2.75, 3.05) is 18.1 Å². The highest BCUT2D eigenvalue weighted by Gasteiger charge is 2.45. The maximum Gasteiger partial charge on any atom is 0.175 e. The van der Waals surface area contributed by atoms with Crippen molar-refractivity contribution in [3.05, 3.63) is 42.1 Å². The summed E-state index contributed by atoms with van der Waals surface area (Å²) < 4.78 is 23.6. The van der Waals surface area contributed by atoms with Crippen LogP contribution < -0.4 is 5.32 Å². The summed E-state index contributed by atoms with van der Waals surface area (Å²) in [5, 5.41) is 3.62. The van der Waals surface area contributed by atoms with Gasteiger partial charge < -0.3 is 5.32 Å². The predicted molar refractivity (Wildman–Crippen MR) is 96.4 cm³/mol. The molecule has 6 heteroatoms. The molecule has 1 N–H and O–H groups in total. The molecule has 126 valence electrons. The van der Waals surface area contributed by atoms with Crippen LogP contribution in [0.2, 0.25) is 0 Å². The first kappa shape index (κ1) is 15.9. The molecule has 1 saturated carbocycles. The zero-order valence-corrected chi connectivity index (χ0v) is 15.0. The summed E-state index contributed by atoms with van der Waals surface area (Å²) in [6, 6.07) is 9.19. The molecule has 1 fully saturated rings. The van der Waals surface area contributed by atoms with Gasteiger partial charge in [0.25, 0.3) is 0 Å². The molecule has 2 aliphatic rings. The van der Waals surface area contributed by atoms with Crippen molar-refractivity contribution in [2.24, 2.45) is 0 Å². The number of fused-ring (bicyclic) bond motifs is 2. The minimum absolute atomic E-state index is 0.0687. The van der Waals surface area contributed by atoms with Crippen LogP contribution in [0.4, 0.5) is 5.82 Å². The highest BCUT2D eigenvalue weighted by atomic mass is 35.5. The average Bonchev–Trinajstić information content (AvgIpc) is 3.11. The van der Waals surface area contributed by atoms with Gasteiger partial charge in [0.1, 0.15) is 5.82 Å². The SMILES string of the molecule is CS(=O)(=O)c1cccc(-c2cnc3c(c2)C2(CCC(Cl)C2)CN3)c1. The highest BCUT2D eigenvalue weighted by Crippen LogP contribution is 2.49. The molecule has 0 amide bonds. The van der Waals surface area contributed by atoms with Gasteiger partial charge in [0, 0.05) is 40.9 Å². The molecule has 0 bridgehead atoms. The molecule has 2 aromatic rings. The molecule has 1 aliphatic heterocycles. The van der Waals surface area contributed by atoms with Crippen LogP contribution >= 0.6 is 11.6 Å². The molecule has 0 radical (unpaired) electrons. The second-order valence-electron chi connectivity index (χ2n) is 6.89. The number of rotatable bonds is 2. The van der Waals surface area contributed by atoms with Crippen LogP contribution in [-0.4, -0.2) is 31.6 Å². The van der Waals surface area contributed by atoms with E-state index < -0.39 is 9.84 Å². The number of halogens is 1. The van der Waals surface area contributed by atoms with Gasteiger partial charge in [-0.05, 0) is 43.0 Å². The maximum absolute atomic E-state index is 11.8. The lowest BCUT2D eigenvalue weighted by Crippen LogP contribution is -2.25. The maximum atomic E-state index is 11.8. The molecule has 2 atom stereocenters. The number of nitrogens with zero attached hydrogens (tertiary/aromatic N) is 1. The number of nitrogens with one attached hydrogen (secondary N) is 1. The van der Waals surface area contributed by atoms with Crippen LogP contribution in [-0.2, 0) is 15.3 Å². The van der Waals surface area contributed by atoms with Crippen molar-refractivity contribution >= 4 is 27.3 Å². The molecule has 1 spiro atoms. The Morgan fingerprint density at radius 3 is 2.83 bits per heavy atom. The molecule has 4 rings (SSSR count). The summed E-state index contributed by atoms with van der Waals surface area (Å²) in [5.41, 5.74) is 3.10. The van der Waals surface area contributed by atoms with E-state index in [1.807, 2.05) is 6.07 Å². The van der Waals surface area contributed by atoms with Gasteiger partial charge in [0.15, 0.2) is 9.84 Å². The van der Waals surface area contributed by atoms with Crippen molar-refractivity contribution in [3.63, 3.8) is 0 Å². The summed E-state index contributed by atoms with van der Waals surface area (Å²) in [5.74, 6) is 0.934. The Hall–Kier alpha value is -1.59. The Morgan fingerprint density at radius 1 is 1.29 bits per heavy atom. The van der Waals surface area contributed by atoms with Crippen LogP contribution in [0.5, 0.6) is 0 Å². The van der Waals surface area contributed by atoms with Gasteiger partial charge >= 0.3 is 0 Å². The molecule has 4 nitrogen and oxygen atoms in total. The van der Waals surface area contributed by atoms with Crippen LogP contribution in [0.3, 0.4) is 0 Å². The normalized spacial score (nSPS) is 25.7. The zero-order valence-electron chi connectivity index (χ0n) is 13.4. The summed E-state index contributed by atoms with van der Waals surface area (Å²) in [4.78, 5) is 4.90.